The molecule has 17 heavy (non-hydrogen) atoms. The van der Waals surface area contributed by atoms with Gasteiger partial charge in [-0.25, -0.2) is 4.98 Å². The zero-order valence-electron chi connectivity index (χ0n) is 10.00. The Balaban J connectivity index is 2.06. The van der Waals surface area contributed by atoms with Gasteiger partial charge in [0.25, 0.3) is 0 Å². The molecular weight excluding hydrogens is 216 g/mol. The molecule has 0 saturated carbocycles. The van der Waals surface area contributed by atoms with Crippen molar-refractivity contribution in [3.63, 3.8) is 0 Å². The van der Waals surface area contributed by atoms with Crippen molar-refractivity contribution < 1.29 is 9.52 Å². The Morgan fingerprint density at radius 1 is 1.41 bits per heavy atom. The fraction of sp³-hybridized carbons (Fsp3) is 0.308. The highest BCUT2D eigenvalue weighted by atomic mass is 16.3. The monoisotopic (exact) mass is 232 g/mol. The molecule has 0 saturated heterocycles. The van der Waals surface area contributed by atoms with Crippen molar-refractivity contribution in [2.24, 2.45) is 0 Å². The van der Waals surface area contributed by atoms with Crippen molar-refractivity contribution in [1.29, 1.82) is 0 Å². The Morgan fingerprint density at radius 3 is 2.76 bits per heavy atom. The second-order valence-electron chi connectivity index (χ2n) is 4.06. The van der Waals surface area contributed by atoms with Crippen LogP contribution in [-0.2, 0) is 6.54 Å². The van der Waals surface area contributed by atoms with Gasteiger partial charge in [0.2, 0.25) is 0 Å². The molecule has 0 spiro atoms. The van der Waals surface area contributed by atoms with E-state index in [-0.39, 0.29) is 0 Å². The van der Waals surface area contributed by atoms with Crippen LogP contribution in [0.1, 0.15) is 24.4 Å². The van der Waals surface area contributed by atoms with Gasteiger partial charge in [-0.1, -0.05) is 6.07 Å². The predicted octanol–water partition coefficient (Wildman–Crippen LogP) is 2.36. The van der Waals surface area contributed by atoms with Crippen LogP contribution in [0.3, 0.4) is 0 Å². The molecule has 2 rings (SSSR count). The third kappa shape index (κ3) is 2.85. The maximum Gasteiger partial charge on any atom is 0.128 e. The Kier molecular flexibility index (Phi) is 3.44. The van der Waals surface area contributed by atoms with E-state index in [1.807, 2.05) is 36.2 Å². The summed E-state index contributed by atoms with van der Waals surface area (Å²) in [6.45, 7) is 2.40. The smallest absolute Gasteiger partial charge is 0.128 e. The van der Waals surface area contributed by atoms with Gasteiger partial charge in [-0.3, -0.25) is 0 Å². The molecule has 0 fully saturated rings. The lowest BCUT2D eigenvalue weighted by molar-refractivity contribution is 0.199. The van der Waals surface area contributed by atoms with E-state index in [4.69, 9.17) is 4.42 Å². The number of aromatic nitrogens is 1. The summed E-state index contributed by atoms with van der Waals surface area (Å²) in [5.41, 5.74) is 0.820. The Hall–Kier alpha value is -1.81. The molecule has 0 unspecified atom stereocenters. The van der Waals surface area contributed by atoms with E-state index in [2.05, 4.69) is 4.98 Å². The number of anilines is 1. The summed E-state index contributed by atoms with van der Waals surface area (Å²) in [5, 5.41) is 9.39. The van der Waals surface area contributed by atoms with Gasteiger partial charge in [0.05, 0.1) is 18.9 Å². The van der Waals surface area contributed by atoms with Crippen LogP contribution in [0.4, 0.5) is 5.82 Å². The fourth-order valence-corrected chi connectivity index (χ4v) is 1.59. The number of hydrogen-bond acceptors (Lipinski definition) is 4. The van der Waals surface area contributed by atoms with Crippen molar-refractivity contribution in [3.05, 3.63) is 48.0 Å². The van der Waals surface area contributed by atoms with Crippen LogP contribution in [0, 0.1) is 0 Å². The molecule has 4 heteroatoms. The summed E-state index contributed by atoms with van der Waals surface area (Å²) in [5.74, 6) is 1.75. The molecule has 1 atom stereocenters. The number of aliphatic hydroxyl groups is 1. The van der Waals surface area contributed by atoms with Gasteiger partial charge in [-0.15, -0.1) is 0 Å². The van der Waals surface area contributed by atoms with Crippen molar-refractivity contribution in [1.82, 2.24) is 4.98 Å². The summed E-state index contributed by atoms with van der Waals surface area (Å²) < 4.78 is 5.28. The van der Waals surface area contributed by atoms with E-state index in [0.29, 0.717) is 6.54 Å². The zero-order chi connectivity index (χ0) is 12.3. The van der Waals surface area contributed by atoms with Crippen LogP contribution in [-0.4, -0.2) is 17.1 Å². The van der Waals surface area contributed by atoms with Crippen molar-refractivity contribution >= 4 is 5.82 Å². The van der Waals surface area contributed by atoms with E-state index >= 15 is 0 Å². The molecule has 0 aliphatic heterocycles. The molecule has 0 aliphatic carbocycles. The van der Waals surface area contributed by atoms with Crippen molar-refractivity contribution in [2.75, 3.05) is 11.9 Å². The van der Waals surface area contributed by atoms with Crippen LogP contribution in [0.2, 0.25) is 0 Å². The topological polar surface area (TPSA) is 49.5 Å². The second kappa shape index (κ2) is 5.01. The highest BCUT2D eigenvalue weighted by Gasteiger charge is 2.06. The van der Waals surface area contributed by atoms with Crippen LogP contribution < -0.4 is 4.90 Å². The van der Waals surface area contributed by atoms with Gasteiger partial charge in [0.15, 0.2) is 0 Å². The average molecular weight is 232 g/mol. The first-order valence-corrected chi connectivity index (χ1v) is 5.54. The summed E-state index contributed by atoms with van der Waals surface area (Å²) in [4.78, 5) is 6.30. The Bertz CT molecular complexity index is 449. The quantitative estimate of drug-likeness (QED) is 0.879. The molecule has 1 N–H and O–H groups in total. The Morgan fingerprint density at radius 2 is 2.24 bits per heavy atom. The molecule has 2 aromatic heterocycles. The molecule has 4 nitrogen and oxygen atoms in total. The molecule has 0 aromatic carbocycles. The predicted molar refractivity (Wildman–Crippen MR) is 65.7 cm³/mol. The number of nitrogens with zero attached hydrogens (tertiary/aromatic N) is 2. The van der Waals surface area contributed by atoms with E-state index < -0.39 is 6.10 Å². The number of hydrogen-bond donors (Lipinski definition) is 1. The van der Waals surface area contributed by atoms with Crippen molar-refractivity contribution in [3.8, 4) is 0 Å². The first-order chi connectivity index (χ1) is 8.16. The van der Waals surface area contributed by atoms with Crippen LogP contribution in [0.5, 0.6) is 0 Å². The SMILES string of the molecule is C[C@H](O)c1ccc(N(C)Cc2ccco2)nc1. The molecule has 2 aromatic rings. The van der Waals surface area contributed by atoms with Gasteiger partial charge in [0, 0.05) is 13.2 Å². The number of pyridine rings is 1. The van der Waals surface area contributed by atoms with Gasteiger partial charge >= 0.3 is 0 Å². The third-order valence-corrected chi connectivity index (χ3v) is 2.62. The summed E-state index contributed by atoms with van der Waals surface area (Å²) >= 11 is 0. The molecule has 90 valence electrons. The minimum absolute atomic E-state index is 0.480. The van der Waals surface area contributed by atoms with Gasteiger partial charge in [-0.05, 0) is 30.7 Å². The van der Waals surface area contributed by atoms with Crippen LogP contribution in [0.25, 0.3) is 0 Å². The first-order valence-electron chi connectivity index (χ1n) is 5.54. The molecule has 0 amide bonds. The van der Waals surface area contributed by atoms with E-state index in [0.717, 1.165) is 17.1 Å². The highest BCUT2D eigenvalue weighted by molar-refractivity contribution is 5.38. The zero-order valence-corrected chi connectivity index (χ0v) is 10.00. The highest BCUT2D eigenvalue weighted by Crippen LogP contribution is 2.16. The number of aliphatic hydroxyl groups excluding tert-OH is 1. The summed E-state index contributed by atoms with van der Waals surface area (Å²) in [6, 6.07) is 7.57. The lowest BCUT2D eigenvalue weighted by Crippen LogP contribution is -2.17. The normalized spacial score (nSPS) is 12.4. The number of rotatable bonds is 4. The lowest BCUT2D eigenvalue weighted by Gasteiger charge is -2.17. The maximum absolute atomic E-state index is 9.39. The largest absolute Gasteiger partial charge is 0.467 e. The lowest BCUT2D eigenvalue weighted by atomic mass is 10.2. The average Bonchev–Trinajstić information content (AvgIpc) is 2.82. The van der Waals surface area contributed by atoms with E-state index in [1.165, 1.54) is 0 Å². The maximum atomic E-state index is 9.39. The second-order valence-corrected chi connectivity index (χ2v) is 4.06. The first kappa shape index (κ1) is 11.7. The summed E-state index contributed by atoms with van der Waals surface area (Å²) in [7, 11) is 1.95. The van der Waals surface area contributed by atoms with Gasteiger partial charge in [0.1, 0.15) is 11.6 Å². The minimum Gasteiger partial charge on any atom is -0.467 e. The van der Waals surface area contributed by atoms with Gasteiger partial charge in [-0.2, -0.15) is 0 Å². The van der Waals surface area contributed by atoms with Crippen molar-refractivity contribution in [2.45, 2.75) is 19.6 Å². The standard InChI is InChI=1S/C13H16N2O2/c1-10(16)11-5-6-13(14-8-11)15(2)9-12-4-3-7-17-12/h3-8,10,16H,9H2,1-2H3/t10-/m0/s1. The third-order valence-electron chi connectivity index (χ3n) is 2.62. The minimum atomic E-state index is -0.480. The van der Waals surface area contributed by atoms with E-state index in [9.17, 15) is 5.11 Å². The fourth-order valence-electron chi connectivity index (χ4n) is 1.59. The molecular formula is C13H16N2O2. The number of furan rings is 1. The molecule has 0 bridgehead atoms. The summed E-state index contributed by atoms with van der Waals surface area (Å²) in [6.07, 6.45) is 2.87. The molecule has 2 heterocycles. The van der Waals surface area contributed by atoms with E-state index in [1.54, 1.807) is 19.4 Å². The molecule has 0 aliphatic rings. The van der Waals surface area contributed by atoms with Crippen LogP contribution in [0.15, 0.2) is 41.1 Å². The Labute approximate surface area is 101 Å². The van der Waals surface area contributed by atoms with Gasteiger partial charge < -0.3 is 14.4 Å². The van der Waals surface area contributed by atoms with Crippen LogP contribution >= 0.6 is 0 Å². The molecule has 0 radical (unpaired) electrons.